The van der Waals surface area contributed by atoms with Gasteiger partial charge in [-0.25, -0.2) is 0 Å². The Morgan fingerprint density at radius 3 is 2.25 bits per heavy atom. The molecule has 116 valence electrons. The second kappa shape index (κ2) is 8.74. The molecular weight excluding hydrogens is 260 g/mol. The van der Waals surface area contributed by atoms with E-state index in [0.29, 0.717) is 6.42 Å². The van der Waals surface area contributed by atoms with Gasteiger partial charge in [-0.05, 0) is 34.1 Å². The van der Waals surface area contributed by atoms with Gasteiger partial charge in [0, 0.05) is 7.11 Å². The highest BCUT2D eigenvalue weighted by atomic mass is 16.7. The largest absolute Gasteiger partial charge is 0.460 e. The van der Waals surface area contributed by atoms with E-state index in [2.05, 4.69) is 0 Å². The highest BCUT2D eigenvalue weighted by Gasteiger charge is 2.33. The third kappa shape index (κ3) is 7.28. The van der Waals surface area contributed by atoms with Crippen LogP contribution in [0.3, 0.4) is 0 Å². The summed E-state index contributed by atoms with van der Waals surface area (Å²) in [7, 11) is 1.44. The molecule has 0 rings (SSSR count). The molecule has 2 unspecified atom stereocenters. The molecule has 20 heavy (non-hydrogen) atoms. The van der Waals surface area contributed by atoms with Gasteiger partial charge >= 0.3 is 11.9 Å². The van der Waals surface area contributed by atoms with Crippen LogP contribution in [0.1, 0.15) is 41.0 Å². The number of hydrogen-bond acceptors (Lipinski definition) is 5. The molecule has 2 atom stereocenters. The molecule has 0 fully saturated rings. The number of carbonyl (C=O) groups excluding carboxylic acids is 2. The minimum Gasteiger partial charge on any atom is -0.460 e. The molecule has 0 N–H and O–H groups in total. The van der Waals surface area contributed by atoms with Crippen LogP contribution in [0, 0.1) is 11.8 Å². The fraction of sp³-hybridized carbons (Fsp3) is 0.733. The van der Waals surface area contributed by atoms with E-state index in [1.54, 1.807) is 27.7 Å². The Kier molecular flexibility index (Phi) is 8.15. The maximum absolute atomic E-state index is 12.1. The lowest BCUT2D eigenvalue weighted by Gasteiger charge is -2.25. The highest BCUT2D eigenvalue weighted by Crippen LogP contribution is 2.22. The number of carbonyl (C=O) groups is 2. The first kappa shape index (κ1) is 18.6. The van der Waals surface area contributed by atoms with Gasteiger partial charge in [-0.1, -0.05) is 19.1 Å². The molecule has 0 aromatic carbocycles. The van der Waals surface area contributed by atoms with E-state index < -0.39 is 29.4 Å². The third-order valence-corrected chi connectivity index (χ3v) is 2.63. The Hall–Kier alpha value is -1.36. The first-order chi connectivity index (χ1) is 9.22. The molecule has 0 amide bonds. The Balaban J connectivity index is 4.83. The third-order valence-electron chi connectivity index (χ3n) is 2.63. The average Bonchev–Trinajstić information content (AvgIpc) is 2.34. The van der Waals surface area contributed by atoms with E-state index in [9.17, 15) is 9.59 Å². The monoisotopic (exact) mass is 286 g/mol. The predicted molar refractivity (Wildman–Crippen MR) is 75.9 cm³/mol. The number of ether oxygens (including phenoxy) is 3. The molecule has 0 saturated carbocycles. The predicted octanol–water partition coefficient (Wildman–Crippen LogP) is 2.69. The van der Waals surface area contributed by atoms with Crippen LogP contribution in [0.4, 0.5) is 0 Å². The van der Waals surface area contributed by atoms with Crippen molar-refractivity contribution < 1.29 is 23.8 Å². The van der Waals surface area contributed by atoms with Crippen LogP contribution in [-0.4, -0.2) is 31.4 Å². The van der Waals surface area contributed by atoms with E-state index in [0.717, 1.165) is 0 Å². The summed E-state index contributed by atoms with van der Waals surface area (Å²) in [5, 5.41) is 0. The molecule has 5 heteroatoms. The van der Waals surface area contributed by atoms with Gasteiger partial charge in [-0.2, -0.15) is 0 Å². The molecule has 0 aliphatic rings. The van der Waals surface area contributed by atoms with E-state index in [1.807, 2.05) is 19.1 Å². The van der Waals surface area contributed by atoms with Crippen LogP contribution in [0.5, 0.6) is 0 Å². The quantitative estimate of drug-likeness (QED) is 0.409. The topological polar surface area (TPSA) is 61.8 Å². The molecule has 0 bridgehead atoms. The van der Waals surface area contributed by atoms with Crippen LogP contribution >= 0.6 is 0 Å². The maximum atomic E-state index is 12.1. The highest BCUT2D eigenvalue weighted by molar-refractivity contribution is 5.82. The molecular formula is C15H26O5. The van der Waals surface area contributed by atoms with Crippen molar-refractivity contribution in [2.24, 2.45) is 11.8 Å². The minimum atomic E-state index is -0.576. The Morgan fingerprint density at radius 1 is 1.20 bits per heavy atom. The number of esters is 2. The van der Waals surface area contributed by atoms with Crippen LogP contribution in [0.2, 0.25) is 0 Å². The van der Waals surface area contributed by atoms with Crippen molar-refractivity contribution in [2.45, 2.75) is 46.6 Å². The lowest BCUT2D eigenvalue weighted by molar-refractivity contribution is -0.171. The van der Waals surface area contributed by atoms with E-state index >= 15 is 0 Å². The summed E-state index contributed by atoms with van der Waals surface area (Å²) in [6.07, 6.45) is 4.09. The Morgan fingerprint density at radius 2 is 1.80 bits per heavy atom. The first-order valence-electron chi connectivity index (χ1n) is 6.72. The van der Waals surface area contributed by atoms with Crippen LogP contribution in [0.15, 0.2) is 12.2 Å². The fourth-order valence-electron chi connectivity index (χ4n) is 1.57. The van der Waals surface area contributed by atoms with Gasteiger partial charge in [0.1, 0.15) is 5.60 Å². The van der Waals surface area contributed by atoms with E-state index in [1.165, 1.54) is 7.11 Å². The van der Waals surface area contributed by atoms with Gasteiger partial charge in [-0.3, -0.25) is 9.59 Å². The summed E-state index contributed by atoms with van der Waals surface area (Å²) in [5.41, 5.74) is -0.576. The Labute approximate surface area is 121 Å². The summed E-state index contributed by atoms with van der Waals surface area (Å²) in [4.78, 5) is 24.0. The number of methoxy groups -OCH3 is 1. The van der Waals surface area contributed by atoms with Gasteiger partial charge in [0.15, 0.2) is 6.79 Å². The Bertz CT molecular complexity index is 341. The molecule has 0 aromatic heterocycles. The van der Waals surface area contributed by atoms with Crippen LogP contribution in [-0.2, 0) is 23.8 Å². The molecule has 5 nitrogen and oxygen atoms in total. The second-order valence-electron chi connectivity index (χ2n) is 5.60. The van der Waals surface area contributed by atoms with Crippen molar-refractivity contribution in [3.63, 3.8) is 0 Å². The summed E-state index contributed by atoms with van der Waals surface area (Å²) < 4.78 is 15.0. The average molecular weight is 286 g/mol. The zero-order chi connectivity index (χ0) is 15.8. The van der Waals surface area contributed by atoms with Gasteiger partial charge in [-0.15, -0.1) is 0 Å². The standard InChI is InChI=1S/C15H26O5/c1-7-8-9-12(14(17)19-10-18-6)11(2)13(16)20-15(3,4)5/h7-8,11-12H,9-10H2,1-6H3. The van der Waals surface area contributed by atoms with Crippen molar-refractivity contribution >= 4 is 11.9 Å². The first-order valence-corrected chi connectivity index (χ1v) is 6.72. The van der Waals surface area contributed by atoms with Crippen molar-refractivity contribution in [1.82, 2.24) is 0 Å². The fourth-order valence-corrected chi connectivity index (χ4v) is 1.57. The molecule has 0 aliphatic heterocycles. The lowest BCUT2D eigenvalue weighted by Crippen LogP contribution is -2.34. The number of allylic oxidation sites excluding steroid dienone is 2. The molecule has 0 radical (unpaired) electrons. The molecule has 0 spiro atoms. The minimum absolute atomic E-state index is 0.119. The zero-order valence-corrected chi connectivity index (χ0v) is 13.3. The van der Waals surface area contributed by atoms with E-state index in [4.69, 9.17) is 14.2 Å². The summed E-state index contributed by atoms with van der Waals surface area (Å²) in [5.74, 6) is -2.00. The SMILES string of the molecule is CC=CCC(C(=O)OCOC)C(C)C(=O)OC(C)(C)C. The van der Waals surface area contributed by atoms with Gasteiger partial charge < -0.3 is 14.2 Å². The van der Waals surface area contributed by atoms with Crippen molar-refractivity contribution in [1.29, 1.82) is 0 Å². The van der Waals surface area contributed by atoms with Crippen LogP contribution in [0.25, 0.3) is 0 Å². The summed E-state index contributed by atoms with van der Waals surface area (Å²) in [6.45, 7) is 8.80. The van der Waals surface area contributed by atoms with Gasteiger partial charge in [0.25, 0.3) is 0 Å². The normalized spacial score (nSPS) is 14.9. The van der Waals surface area contributed by atoms with E-state index in [-0.39, 0.29) is 6.79 Å². The lowest BCUT2D eigenvalue weighted by atomic mass is 9.90. The van der Waals surface area contributed by atoms with Crippen molar-refractivity contribution in [3.05, 3.63) is 12.2 Å². The molecule has 0 saturated heterocycles. The van der Waals surface area contributed by atoms with Crippen molar-refractivity contribution in [2.75, 3.05) is 13.9 Å². The van der Waals surface area contributed by atoms with Crippen LogP contribution < -0.4 is 0 Å². The van der Waals surface area contributed by atoms with Gasteiger partial charge in [0.2, 0.25) is 0 Å². The smallest absolute Gasteiger partial charge is 0.312 e. The number of rotatable bonds is 7. The zero-order valence-electron chi connectivity index (χ0n) is 13.3. The van der Waals surface area contributed by atoms with Crippen molar-refractivity contribution in [3.8, 4) is 0 Å². The molecule has 0 heterocycles. The summed E-state index contributed by atoms with van der Waals surface area (Å²) >= 11 is 0. The second-order valence-corrected chi connectivity index (χ2v) is 5.60. The number of hydrogen-bond donors (Lipinski definition) is 0. The maximum Gasteiger partial charge on any atom is 0.312 e. The van der Waals surface area contributed by atoms with Gasteiger partial charge in [0.05, 0.1) is 11.8 Å². The molecule has 0 aliphatic carbocycles. The summed E-state index contributed by atoms with van der Waals surface area (Å²) in [6, 6.07) is 0. The molecule has 0 aromatic rings.